The van der Waals surface area contributed by atoms with Crippen molar-refractivity contribution in [2.75, 3.05) is 5.32 Å². The second kappa shape index (κ2) is 6.60. The molecular formula is C16H25NO2. The molecule has 0 radical (unpaired) electrons. The normalized spacial score (nSPS) is 11.4. The van der Waals surface area contributed by atoms with E-state index in [1.54, 1.807) is 12.1 Å². The Morgan fingerprint density at radius 3 is 2.53 bits per heavy atom. The van der Waals surface area contributed by atoms with Crippen LogP contribution in [0.1, 0.15) is 58.9 Å². The number of hydrogen-bond acceptors (Lipinski definition) is 2. The van der Waals surface area contributed by atoms with Gasteiger partial charge < -0.3 is 10.4 Å². The van der Waals surface area contributed by atoms with Crippen LogP contribution < -0.4 is 5.32 Å². The number of phenols is 1. The first-order valence-corrected chi connectivity index (χ1v) is 6.98. The van der Waals surface area contributed by atoms with Crippen molar-refractivity contribution in [3.63, 3.8) is 0 Å². The molecule has 0 fully saturated rings. The SMILES string of the molecule is CCCCCC(=O)Nc1ccc(O)c(C(C)(C)C)c1. The van der Waals surface area contributed by atoms with Crippen molar-refractivity contribution < 1.29 is 9.90 Å². The number of unbranched alkanes of at least 4 members (excludes halogenated alkanes) is 2. The molecule has 0 saturated carbocycles. The highest BCUT2D eigenvalue weighted by atomic mass is 16.3. The predicted octanol–water partition coefficient (Wildman–Crippen LogP) is 4.21. The number of amides is 1. The molecule has 2 N–H and O–H groups in total. The van der Waals surface area contributed by atoms with Gasteiger partial charge in [0.05, 0.1) is 0 Å². The van der Waals surface area contributed by atoms with E-state index in [9.17, 15) is 9.90 Å². The molecule has 0 saturated heterocycles. The minimum Gasteiger partial charge on any atom is -0.508 e. The summed E-state index contributed by atoms with van der Waals surface area (Å²) >= 11 is 0. The van der Waals surface area contributed by atoms with E-state index in [1.807, 2.05) is 26.8 Å². The van der Waals surface area contributed by atoms with E-state index >= 15 is 0 Å². The van der Waals surface area contributed by atoms with Gasteiger partial charge >= 0.3 is 0 Å². The lowest BCUT2D eigenvalue weighted by molar-refractivity contribution is -0.116. The van der Waals surface area contributed by atoms with Gasteiger partial charge in [-0.3, -0.25) is 4.79 Å². The second-order valence-corrected chi connectivity index (χ2v) is 5.99. The summed E-state index contributed by atoms with van der Waals surface area (Å²) in [6.45, 7) is 8.23. The molecule has 0 heterocycles. The number of nitrogens with one attached hydrogen (secondary N) is 1. The monoisotopic (exact) mass is 263 g/mol. The van der Waals surface area contributed by atoms with E-state index in [-0.39, 0.29) is 17.1 Å². The molecule has 1 aromatic rings. The molecule has 0 atom stereocenters. The quantitative estimate of drug-likeness (QED) is 0.617. The highest BCUT2D eigenvalue weighted by Crippen LogP contribution is 2.32. The minimum atomic E-state index is -0.146. The third-order valence-electron chi connectivity index (χ3n) is 3.10. The van der Waals surface area contributed by atoms with Crippen LogP contribution in [0.2, 0.25) is 0 Å². The van der Waals surface area contributed by atoms with Crippen molar-refractivity contribution in [3.8, 4) is 5.75 Å². The topological polar surface area (TPSA) is 49.3 Å². The number of carbonyl (C=O) groups excluding carboxylic acids is 1. The van der Waals surface area contributed by atoms with Gasteiger partial charge in [0.25, 0.3) is 0 Å². The summed E-state index contributed by atoms with van der Waals surface area (Å²) in [6.07, 6.45) is 3.67. The zero-order valence-electron chi connectivity index (χ0n) is 12.4. The average molecular weight is 263 g/mol. The van der Waals surface area contributed by atoms with Crippen molar-refractivity contribution in [2.45, 2.75) is 58.8 Å². The van der Waals surface area contributed by atoms with E-state index in [4.69, 9.17) is 0 Å². The Balaban J connectivity index is 2.72. The predicted molar refractivity (Wildman–Crippen MR) is 79.6 cm³/mol. The molecule has 0 aliphatic heterocycles. The zero-order chi connectivity index (χ0) is 14.5. The van der Waals surface area contributed by atoms with Crippen molar-refractivity contribution in [1.29, 1.82) is 0 Å². The first-order valence-electron chi connectivity index (χ1n) is 6.98. The maximum atomic E-state index is 11.8. The van der Waals surface area contributed by atoms with Crippen LogP contribution in [0.25, 0.3) is 0 Å². The minimum absolute atomic E-state index is 0.0407. The first-order chi connectivity index (χ1) is 8.84. The summed E-state index contributed by atoms with van der Waals surface area (Å²) in [5, 5.41) is 12.8. The van der Waals surface area contributed by atoms with E-state index < -0.39 is 0 Å². The number of hydrogen-bond donors (Lipinski definition) is 2. The second-order valence-electron chi connectivity index (χ2n) is 5.99. The van der Waals surface area contributed by atoms with Crippen LogP contribution in [0.3, 0.4) is 0 Å². The molecule has 0 unspecified atom stereocenters. The lowest BCUT2D eigenvalue weighted by Crippen LogP contribution is -2.14. The Labute approximate surface area is 116 Å². The van der Waals surface area contributed by atoms with Gasteiger partial charge in [0.2, 0.25) is 5.91 Å². The third kappa shape index (κ3) is 4.93. The summed E-state index contributed by atoms with van der Waals surface area (Å²) in [5.74, 6) is 0.315. The van der Waals surface area contributed by atoms with E-state index in [1.165, 1.54) is 0 Å². The summed E-state index contributed by atoms with van der Waals surface area (Å²) in [6, 6.07) is 5.23. The number of anilines is 1. The number of aromatic hydroxyl groups is 1. The molecule has 0 bridgehead atoms. The Morgan fingerprint density at radius 1 is 1.26 bits per heavy atom. The standard InChI is InChI=1S/C16H25NO2/c1-5-6-7-8-15(19)17-12-9-10-14(18)13(11-12)16(2,3)4/h9-11,18H,5-8H2,1-4H3,(H,17,19). The Bertz CT molecular complexity index is 433. The fourth-order valence-electron chi connectivity index (χ4n) is 1.97. The lowest BCUT2D eigenvalue weighted by Gasteiger charge is -2.21. The van der Waals surface area contributed by atoms with Crippen LogP contribution >= 0.6 is 0 Å². The van der Waals surface area contributed by atoms with Gasteiger partial charge in [0.15, 0.2) is 0 Å². The van der Waals surface area contributed by atoms with Gasteiger partial charge in [-0.1, -0.05) is 40.5 Å². The van der Waals surface area contributed by atoms with E-state index in [2.05, 4.69) is 12.2 Å². The first kappa shape index (κ1) is 15.5. The molecule has 3 nitrogen and oxygen atoms in total. The Hall–Kier alpha value is -1.51. The molecule has 19 heavy (non-hydrogen) atoms. The third-order valence-corrected chi connectivity index (χ3v) is 3.10. The van der Waals surface area contributed by atoms with Crippen LogP contribution in [0.15, 0.2) is 18.2 Å². The molecule has 0 aromatic heterocycles. The summed E-state index contributed by atoms with van der Waals surface area (Å²) in [5.41, 5.74) is 1.45. The maximum Gasteiger partial charge on any atom is 0.224 e. The van der Waals surface area contributed by atoms with Gasteiger partial charge in [-0.25, -0.2) is 0 Å². The Morgan fingerprint density at radius 2 is 1.95 bits per heavy atom. The van der Waals surface area contributed by atoms with Crippen LogP contribution in [-0.2, 0) is 10.2 Å². The number of rotatable bonds is 5. The van der Waals surface area contributed by atoms with Crippen LogP contribution in [0, 0.1) is 0 Å². The Kier molecular flexibility index (Phi) is 5.40. The highest BCUT2D eigenvalue weighted by Gasteiger charge is 2.18. The van der Waals surface area contributed by atoms with Crippen LogP contribution in [0.5, 0.6) is 5.75 Å². The van der Waals surface area contributed by atoms with Gasteiger partial charge in [0, 0.05) is 17.7 Å². The van der Waals surface area contributed by atoms with E-state index in [0.717, 1.165) is 30.5 Å². The number of benzene rings is 1. The number of phenolic OH excluding ortho intramolecular Hbond substituents is 1. The summed E-state index contributed by atoms with van der Waals surface area (Å²) in [7, 11) is 0. The highest BCUT2D eigenvalue weighted by molar-refractivity contribution is 5.90. The van der Waals surface area contributed by atoms with Crippen LogP contribution in [0.4, 0.5) is 5.69 Å². The molecule has 0 spiro atoms. The van der Waals surface area contributed by atoms with Gasteiger partial charge in [-0.15, -0.1) is 0 Å². The fraction of sp³-hybridized carbons (Fsp3) is 0.562. The molecule has 1 rings (SSSR count). The molecule has 1 amide bonds. The number of carbonyl (C=O) groups is 1. The maximum absolute atomic E-state index is 11.8. The average Bonchev–Trinajstić information content (AvgIpc) is 2.30. The van der Waals surface area contributed by atoms with Crippen LogP contribution in [-0.4, -0.2) is 11.0 Å². The zero-order valence-corrected chi connectivity index (χ0v) is 12.4. The van der Waals surface area contributed by atoms with Crippen molar-refractivity contribution >= 4 is 11.6 Å². The largest absolute Gasteiger partial charge is 0.508 e. The summed E-state index contributed by atoms with van der Waals surface area (Å²) in [4.78, 5) is 11.8. The smallest absolute Gasteiger partial charge is 0.224 e. The van der Waals surface area contributed by atoms with Crippen molar-refractivity contribution in [2.24, 2.45) is 0 Å². The molecule has 3 heteroatoms. The molecule has 0 aliphatic carbocycles. The van der Waals surface area contributed by atoms with Gasteiger partial charge in [0.1, 0.15) is 5.75 Å². The van der Waals surface area contributed by atoms with Gasteiger partial charge in [-0.05, 0) is 30.0 Å². The molecular weight excluding hydrogens is 238 g/mol. The molecule has 1 aromatic carbocycles. The van der Waals surface area contributed by atoms with E-state index in [0.29, 0.717) is 6.42 Å². The summed E-state index contributed by atoms with van der Waals surface area (Å²) < 4.78 is 0. The molecule has 0 aliphatic rings. The lowest BCUT2D eigenvalue weighted by atomic mass is 9.86. The van der Waals surface area contributed by atoms with Crippen molar-refractivity contribution in [1.82, 2.24) is 0 Å². The molecule has 106 valence electrons. The van der Waals surface area contributed by atoms with Gasteiger partial charge in [-0.2, -0.15) is 0 Å². The fourth-order valence-corrected chi connectivity index (χ4v) is 1.97. The van der Waals surface area contributed by atoms with Crippen molar-refractivity contribution in [3.05, 3.63) is 23.8 Å².